The van der Waals surface area contributed by atoms with Gasteiger partial charge in [-0.05, 0) is 13.8 Å². The van der Waals surface area contributed by atoms with E-state index >= 15 is 0 Å². The molecule has 0 aliphatic carbocycles. The molecule has 56 valence electrons. The van der Waals surface area contributed by atoms with Gasteiger partial charge in [-0.1, -0.05) is 0 Å². The minimum Gasteiger partial charge on any atom is -0.365 e. The molecule has 0 amide bonds. The Morgan fingerprint density at radius 3 is 1.78 bits per heavy atom. The molecule has 0 aromatic rings. The molecule has 0 radical (unpaired) electrons. The maximum Gasteiger partial charge on any atom is 0.472 e. The summed E-state index contributed by atoms with van der Waals surface area (Å²) in [5, 5.41) is 8.64. The van der Waals surface area contributed by atoms with Gasteiger partial charge >= 0.3 is 7.82 Å². The third-order valence-electron chi connectivity index (χ3n) is 0.342. The maximum absolute atomic E-state index is 9.96. The van der Waals surface area contributed by atoms with Crippen LogP contribution in [-0.2, 0) is 9.09 Å². The Hall–Kier alpha value is 0.0700. The Balaban J connectivity index is 3.90. The highest BCUT2D eigenvalue weighted by Gasteiger charge is 2.25. The zero-order chi connectivity index (χ0) is 7.71. The molecule has 0 aromatic carbocycles. The van der Waals surface area contributed by atoms with E-state index < -0.39 is 13.6 Å². The van der Waals surface area contributed by atoms with Gasteiger partial charge in [0, 0.05) is 0 Å². The van der Waals surface area contributed by atoms with Crippen LogP contribution in [0.4, 0.5) is 0 Å². The van der Waals surface area contributed by atoms with E-state index in [4.69, 9.17) is 14.9 Å². The van der Waals surface area contributed by atoms with Crippen LogP contribution >= 0.6 is 7.82 Å². The first-order valence-corrected chi connectivity index (χ1v) is 3.72. The van der Waals surface area contributed by atoms with Crippen LogP contribution in [0.1, 0.15) is 13.8 Å². The van der Waals surface area contributed by atoms with Gasteiger partial charge in [0.05, 0.1) is 0 Å². The van der Waals surface area contributed by atoms with Crippen molar-refractivity contribution in [1.29, 1.82) is 0 Å². The molecule has 3 N–H and O–H groups in total. The van der Waals surface area contributed by atoms with Gasteiger partial charge in [-0.2, -0.15) is 0 Å². The van der Waals surface area contributed by atoms with Crippen molar-refractivity contribution >= 4 is 7.82 Å². The summed E-state index contributed by atoms with van der Waals surface area (Å²) in [6, 6.07) is 0. The monoisotopic (exact) mass is 156 g/mol. The first-order valence-electron chi connectivity index (χ1n) is 2.19. The van der Waals surface area contributed by atoms with Crippen molar-refractivity contribution in [3.63, 3.8) is 0 Å². The molecule has 0 saturated heterocycles. The standard InChI is InChI=1S/C3H9O5P/c1-3(2,4)8-9(5,6)7/h4H,1-2H3,(H2,5,6,7). The third kappa shape index (κ3) is 8.07. The lowest BCUT2D eigenvalue weighted by Gasteiger charge is -2.17. The molecule has 0 atom stereocenters. The summed E-state index contributed by atoms with van der Waals surface area (Å²) < 4.78 is 13.8. The third-order valence-corrected chi connectivity index (χ3v) is 1.03. The van der Waals surface area contributed by atoms with Gasteiger partial charge in [0.2, 0.25) is 0 Å². The van der Waals surface area contributed by atoms with Gasteiger partial charge in [0.1, 0.15) is 0 Å². The van der Waals surface area contributed by atoms with Crippen molar-refractivity contribution in [2.75, 3.05) is 0 Å². The van der Waals surface area contributed by atoms with Crippen LogP contribution < -0.4 is 0 Å². The Bertz CT molecular complexity index is 130. The van der Waals surface area contributed by atoms with Gasteiger partial charge in [-0.25, -0.2) is 4.57 Å². The lowest BCUT2D eigenvalue weighted by atomic mass is 10.4. The van der Waals surface area contributed by atoms with Crippen molar-refractivity contribution < 1.29 is 24.0 Å². The SMILES string of the molecule is CC(C)(O)OP(=O)(O)O. The highest BCUT2D eigenvalue weighted by molar-refractivity contribution is 7.46. The zero-order valence-electron chi connectivity index (χ0n) is 5.11. The van der Waals surface area contributed by atoms with Crippen molar-refractivity contribution in [1.82, 2.24) is 0 Å². The fraction of sp³-hybridized carbons (Fsp3) is 1.00. The zero-order valence-corrected chi connectivity index (χ0v) is 6.00. The smallest absolute Gasteiger partial charge is 0.365 e. The van der Waals surface area contributed by atoms with Crippen molar-refractivity contribution in [3.8, 4) is 0 Å². The molecule has 0 aromatic heterocycles. The molecular weight excluding hydrogens is 147 g/mol. The lowest BCUT2D eigenvalue weighted by molar-refractivity contribution is -0.118. The van der Waals surface area contributed by atoms with Crippen LogP contribution in [0.2, 0.25) is 0 Å². The highest BCUT2D eigenvalue weighted by atomic mass is 31.2. The molecule has 0 saturated carbocycles. The largest absolute Gasteiger partial charge is 0.472 e. The second-order valence-corrected chi connectivity index (χ2v) is 3.19. The normalized spacial score (nSPS) is 13.9. The van der Waals surface area contributed by atoms with Gasteiger partial charge in [0.25, 0.3) is 0 Å². The molecule has 9 heavy (non-hydrogen) atoms. The molecule has 0 spiro atoms. The van der Waals surface area contributed by atoms with Gasteiger partial charge in [0.15, 0.2) is 5.79 Å². The molecular formula is C3H9O5P. The first-order chi connectivity index (χ1) is 3.71. The second-order valence-electron chi connectivity index (χ2n) is 2.03. The average molecular weight is 156 g/mol. The van der Waals surface area contributed by atoms with E-state index in [2.05, 4.69) is 4.52 Å². The summed E-state index contributed by atoms with van der Waals surface area (Å²) in [6.07, 6.45) is 0. The summed E-state index contributed by atoms with van der Waals surface area (Å²) in [5.74, 6) is -1.78. The van der Waals surface area contributed by atoms with Crippen molar-refractivity contribution in [3.05, 3.63) is 0 Å². The molecule has 6 heteroatoms. The van der Waals surface area contributed by atoms with Crippen LogP contribution in [0, 0.1) is 0 Å². The molecule has 0 aliphatic rings. The fourth-order valence-corrected chi connectivity index (χ4v) is 0.873. The van der Waals surface area contributed by atoms with E-state index in [9.17, 15) is 4.57 Å². The van der Waals surface area contributed by atoms with Gasteiger partial charge in [-0.15, -0.1) is 0 Å². The number of hydrogen-bond acceptors (Lipinski definition) is 3. The molecule has 0 heterocycles. The van der Waals surface area contributed by atoms with E-state index in [1.165, 1.54) is 0 Å². The maximum atomic E-state index is 9.96. The van der Waals surface area contributed by atoms with Gasteiger partial charge < -0.3 is 14.9 Å². The summed E-state index contributed by atoms with van der Waals surface area (Å²) in [4.78, 5) is 16.2. The van der Waals surface area contributed by atoms with Crippen molar-refractivity contribution in [2.24, 2.45) is 0 Å². The quantitative estimate of drug-likeness (QED) is 0.381. The number of aliphatic hydroxyl groups is 1. The fourth-order valence-electron chi connectivity index (χ4n) is 0.291. The molecule has 0 unspecified atom stereocenters. The minimum absolute atomic E-state index is 1.13. The Labute approximate surface area is 52.5 Å². The van der Waals surface area contributed by atoms with Crippen LogP contribution in [0.15, 0.2) is 0 Å². The minimum atomic E-state index is -4.54. The summed E-state index contributed by atoms with van der Waals surface area (Å²) >= 11 is 0. The second kappa shape index (κ2) is 2.36. The number of rotatable bonds is 2. The summed E-state index contributed by atoms with van der Waals surface area (Å²) in [5.41, 5.74) is 0. The highest BCUT2D eigenvalue weighted by Crippen LogP contribution is 2.39. The lowest BCUT2D eigenvalue weighted by Crippen LogP contribution is -2.21. The van der Waals surface area contributed by atoms with Crippen molar-refractivity contribution in [2.45, 2.75) is 19.6 Å². The van der Waals surface area contributed by atoms with E-state index in [0.717, 1.165) is 13.8 Å². The molecule has 0 aliphatic heterocycles. The average Bonchev–Trinajstić information content (AvgIpc) is 1.14. The molecule has 5 nitrogen and oxygen atoms in total. The Morgan fingerprint density at radius 1 is 1.44 bits per heavy atom. The number of hydrogen-bond donors (Lipinski definition) is 3. The molecule has 0 fully saturated rings. The number of phosphoric acid groups is 1. The van der Waals surface area contributed by atoms with E-state index in [1.54, 1.807) is 0 Å². The Morgan fingerprint density at radius 2 is 1.78 bits per heavy atom. The van der Waals surface area contributed by atoms with Gasteiger partial charge in [-0.3, -0.25) is 4.52 Å². The predicted molar refractivity (Wildman–Crippen MR) is 29.4 cm³/mol. The molecule has 0 bridgehead atoms. The number of phosphoric ester groups is 1. The van der Waals surface area contributed by atoms with Crippen LogP contribution in [-0.4, -0.2) is 20.7 Å². The summed E-state index contributed by atoms with van der Waals surface area (Å²) in [7, 11) is -4.54. The summed E-state index contributed by atoms with van der Waals surface area (Å²) in [6.45, 7) is 2.26. The van der Waals surface area contributed by atoms with Crippen LogP contribution in [0.25, 0.3) is 0 Å². The van der Waals surface area contributed by atoms with E-state index in [0.29, 0.717) is 0 Å². The van der Waals surface area contributed by atoms with E-state index in [-0.39, 0.29) is 0 Å². The first kappa shape index (κ1) is 9.07. The van der Waals surface area contributed by atoms with E-state index in [1.807, 2.05) is 0 Å². The Kier molecular flexibility index (Phi) is 2.38. The predicted octanol–water partition coefficient (Wildman–Crippen LogP) is -0.176. The molecule has 0 rings (SSSR count). The topological polar surface area (TPSA) is 87.0 Å². The van der Waals surface area contributed by atoms with Crippen LogP contribution in [0.5, 0.6) is 0 Å². The van der Waals surface area contributed by atoms with Crippen LogP contribution in [0.3, 0.4) is 0 Å².